The van der Waals surface area contributed by atoms with Crippen LogP contribution >= 0.6 is 11.3 Å². The Balaban J connectivity index is 1.03. The Hall–Kier alpha value is -4.65. The van der Waals surface area contributed by atoms with Crippen LogP contribution in [-0.2, 0) is 12.1 Å². The van der Waals surface area contributed by atoms with E-state index in [0.29, 0.717) is 0 Å². The highest BCUT2D eigenvalue weighted by molar-refractivity contribution is 7.17. The van der Waals surface area contributed by atoms with Crippen molar-refractivity contribution in [3.05, 3.63) is 132 Å². The van der Waals surface area contributed by atoms with Gasteiger partial charge in [-0.05, 0) is 97.0 Å². The standard InChI is InChI=1S/C50H56N4SSi4/c1-56(2)31-33-11-23-45-41(27-33)43-29-39(58(5,6)7)21-25-47(43)53(45)37-17-13-35(14-18-37)49-51-52-50(55-49)36-15-19-38(20-16-36)54-46-24-12-34(32-57(3)4)28-42(46)44-30-40(59(8,9)10)22-26-48(44)54/h11-30,56-57H,31-32H2,1-10H3. The summed E-state index contributed by atoms with van der Waals surface area (Å²) in [5.41, 5.74) is 12.5. The third-order valence-electron chi connectivity index (χ3n) is 11.8. The van der Waals surface area contributed by atoms with E-state index in [1.165, 1.54) is 88.6 Å². The highest BCUT2D eigenvalue weighted by Gasteiger charge is 2.22. The molecule has 0 amide bonds. The van der Waals surface area contributed by atoms with Crippen LogP contribution in [0.5, 0.6) is 0 Å². The number of nitrogens with zero attached hydrogens (tertiary/aromatic N) is 4. The summed E-state index contributed by atoms with van der Waals surface area (Å²) in [6.45, 7) is 24.4. The van der Waals surface area contributed by atoms with E-state index in [1.54, 1.807) is 11.3 Å². The van der Waals surface area contributed by atoms with Gasteiger partial charge in [0, 0.05) is 61.6 Å². The molecule has 3 aromatic heterocycles. The number of fused-ring (bicyclic) bond motifs is 6. The quantitative estimate of drug-likeness (QED) is 0.128. The van der Waals surface area contributed by atoms with Crippen LogP contribution in [0.4, 0.5) is 0 Å². The van der Waals surface area contributed by atoms with Gasteiger partial charge >= 0.3 is 0 Å². The van der Waals surface area contributed by atoms with Crippen molar-refractivity contribution in [1.29, 1.82) is 0 Å². The first-order chi connectivity index (χ1) is 28.1. The molecule has 0 fully saturated rings. The second-order valence-electron chi connectivity index (χ2n) is 19.5. The molecule has 9 rings (SSSR count). The van der Waals surface area contributed by atoms with Crippen molar-refractivity contribution in [3.63, 3.8) is 0 Å². The first-order valence-corrected chi connectivity index (χ1v) is 35.4. The Morgan fingerprint density at radius 2 is 0.780 bits per heavy atom. The van der Waals surface area contributed by atoms with Gasteiger partial charge in [-0.3, -0.25) is 0 Å². The van der Waals surface area contributed by atoms with E-state index in [-0.39, 0.29) is 0 Å². The van der Waals surface area contributed by atoms with Crippen LogP contribution in [0.25, 0.3) is 76.1 Å². The minimum absolute atomic E-state index is 0.734. The van der Waals surface area contributed by atoms with Crippen molar-refractivity contribution in [2.24, 2.45) is 0 Å². The lowest BCUT2D eigenvalue weighted by Gasteiger charge is -2.17. The van der Waals surface area contributed by atoms with Gasteiger partial charge in [0.1, 0.15) is 10.0 Å². The zero-order chi connectivity index (χ0) is 41.4. The largest absolute Gasteiger partial charge is 0.309 e. The van der Waals surface area contributed by atoms with Crippen molar-refractivity contribution in [2.45, 2.75) is 77.6 Å². The molecule has 0 saturated heterocycles. The fourth-order valence-corrected chi connectivity index (χ4v) is 14.4. The maximum Gasteiger partial charge on any atom is 0.148 e. The van der Waals surface area contributed by atoms with E-state index in [0.717, 1.165) is 21.1 Å². The van der Waals surface area contributed by atoms with E-state index in [4.69, 9.17) is 10.2 Å². The number of rotatable bonds is 10. The number of benzene rings is 6. The van der Waals surface area contributed by atoms with Crippen LogP contribution in [-0.4, -0.2) is 53.1 Å². The van der Waals surface area contributed by atoms with Gasteiger partial charge in [0.2, 0.25) is 0 Å². The molecule has 0 atom stereocenters. The van der Waals surface area contributed by atoms with Crippen LogP contribution < -0.4 is 10.4 Å². The lowest BCUT2D eigenvalue weighted by atomic mass is 10.1. The lowest BCUT2D eigenvalue weighted by Crippen LogP contribution is -2.37. The van der Waals surface area contributed by atoms with Crippen molar-refractivity contribution < 1.29 is 0 Å². The minimum atomic E-state index is -1.48. The summed E-state index contributed by atoms with van der Waals surface area (Å²) >= 11 is 1.65. The van der Waals surface area contributed by atoms with Gasteiger partial charge in [-0.2, -0.15) is 0 Å². The molecule has 9 aromatic rings. The maximum absolute atomic E-state index is 4.70. The van der Waals surface area contributed by atoms with Crippen molar-refractivity contribution in [2.75, 3.05) is 0 Å². The van der Waals surface area contributed by atoms with Gasteiger partial charge in [-0.25, -0.2) is 0 Å². The van der Waals surface area contributed by atoms with E-state index in [9.17, 15) is 0 Å². The fraction of sp³-hybridized carbons (Fsp3) is 0.240. The molecule has 9 heteroatoms. The molecule has 0 aliphatic rings. The Morgan fingerprint density at radius 3 is 1.12 bits per heavy atom. The topological polar surface area (TPSA) is 35.6 Å². The summed E-state index contributed by atoms with van der Waals surface area (Å²) in [5.74, 6) is 0. The molecule has 6 aromatic carbocycles. The average Bonchev–Trinajstić information content (AvgIpc) is 3.90. The lowest BCUT2D eigenvalue weighted by molar-refractivity contribution is 1.10. The summed E-state index contributed by atoms with van der Waals surface area (Å²) in [6.07, 6.45) is 0. The molecule has 0 unspecified atom stereocenters. The second kappa shape index (κ2) is 15.1. The first-order valence-electron chi connectivity index (χ1n) is 21.3. The normalized spacial score (nSPS) is 12.7. The zero-order valence-electron chi connectivity index (χ0n) is 36.3. The third kappa shape index (κ3) is 7.57. The highest BCUT2D eigenvalue weighted by atomic mass is 32.1. The van der Waals surface area contributed by atoms with E-state index in [1.807, 2.05) is 0 Å². The molecule has 0 N–H and O–H groups in total. The summed E-state index contributed by atoms with van der Waals surface area (Å²) < 4.78 is 4.89. The Kier molecular flexibility index (Phi) is 10.2. The molecule has 0 spiro atoms. The molecule has 0 aliphatic heterocycles. The van der Waals surface area contributed by atoms with Gasteiger partial charge in [0.25, 0.3) is 0 Å². The molecule has 0 saturated carbocycles. The van der Waals surface area contributed by atoms with Gasteiger partial charge in [0.15, 0.2) is 0 Å². The van der Waals surface area contributed by atoms with Crippen molar-refractivity contribution in [1.82, 2.24) is 19.3 Å². The van der Waals surface area contributed by atoms with Gasteiger partial charge < -0.3 is 9.13 Å². The Morgan fingerprint density at radius 1 is 0.441 bits per heavy atom. The smallest absolute Gasteiger partial charge is 0.148 e. The number of aromatic nitrogens is 4. The molecule has 3 heterocycles. The molecule has 4 nitrogen and oxygen atoms in total. The van der Waals surface area contributed by atoms with Crippen LogP contribution in [0.2, 0.25) is 65.5 Å². The molecular formula is C50H56N4SSi4. The fourth-order valence-electron chi connectivity index (χ4n) is 8.79. The SMILES string of the molecule is C[SiH](C)Cc1ccc2c(c1)c1cc([Si](C)(C)C)ccc1n2-c1ccc(-c2nnc(-c3ccc(-n4c5ccc(C[SiH](C)C)cc5c5cc([Si](C)(C)C)ccc54)cc3)s2)cc1. The van der Waals surface area contributed by atoms with E-state index < -0.39 is 33.7 Å². The van der Waals surface area contributed by atoms with Gasteiger partial charge in [0.05, 0.1) is 38.2 Å². The monoisotopic (exact) mass is 856 g/mol. The summed E-state index contributed by atoms with van der Waals surface area (Å²) in [6, 6.07) is 49.0. The second-order valence-corrected chi connectivity index (χ2v) is 37.1. The first kappa shape index (κ1) is 39.8. The zero-order valence-corrected chi connectivity index (χ0v) is 41.4. The van der Waals surface area contributed by atoms with E-state index >= 15 is 0 Å². The number of hydrogen-bond acceptors (Lipinski definition) is 3. The van der Waals surface area contributed by atoms with Gasteiger partial charge in [-0.1, -0.05) is 135 Å². The Bertz CT molecular complexity index is 2810. The highest BCUT2D eigenvalue weighted by Crippen LogP contribution is 2.37. The predicted octanol–water partition coefficient (Wildman–Crippen LogP) is 12.3. The summed E-state index contributed by atoms with van der Waals surface area (Å²) in [4.78, 5) is 0. The molecular weight excluding hydrogens is 801 g/mol. The predicted molar refractivity (Wildman–Crippen MR) is 271 cm³/mol. The van der Waals surface area contributed by atoms with Gasteiger partial charge in [-0.15, -0.1) is 10.2 Å². The van der Waals surface area contributed by atoms with Crippen LogP contribution in [0.15, 0.2) is 121 Å². The van der Waals surface area contributed by atoms with Crippen LogP contribution in [0.1, 0.15) is 11.1 Å². The third-order valence-corrected chi connectivity index (χ3v) is 19.5. The summed E-state index contributed by atoms with van der Waals surface area (Å²) in [7, 11) is -4.42. The molecule has 0 aliphatic carbocycles. The molecule has 0 bridgehead atoms. The van der Waals surface area contributed by atoms with Crippen LogP contribution in [0.3, 0.4) is 0 Å². The van der Waals surface area contributed by atoms with Crippen molar-refractivity contribution in [3.8, 4) is 32.5 Å². The summed E-state index contributed by atoms with van der Waals surface area (Å²) in [5, 5.41) is 19.7. The number of hydrogen-bond donors (Lipinski definition) is 0. The van der Waals surface area contributed by atoms with Crippen LogP contribution in [0, 0.1) is 0 Å². The molecule has 298 valence electrons. The van der Waals surface area contributed by atoms with Crippen molar-refractivity contribution >= 4 is 99.1 Å². The average molecular weight is 857 g/mol. The Labute approximate surface area is 358 Å². The van der Waals surface area contributed by atoms with E-state index in [2.05, 4.69) is 196 Å². The minimum Gasteiger partial charge on any atom is -0.309 e. The maximum atomic E-state index is 4.70. The molecule has 0 radical (unpaired) electrons. The molecule has 59 heavy (non-hydrogen) atoms.